The minimum absolute atomic E-state index is 0.00425. The third kappa shape index (κ3) is 4.35. The van der Waals surface area contributed by atoms with Crippen molar-refractivity contribution in [1.82, 2.24) is 19.5 Å². The van der Waals surface area contributed by atoms with Gasteiger partial charge in [-0.3, -0.25) is 4.57 Å². The van der Waals surface area contributed by atoms with Gasteiger partial charge in [0.15, 0.2) is 11.5 Å². The molecule has 1 fully saturated rings. The van der Waals surface area contributed by atoms with Crippen molar-refractivity contribution in [2.24, 2.45) is 5.92 Å². The Morgan fingerprint density at radius 3 is 3.00 bits per heavy atom. The van der Waals surface area contributed by atoms with Crippen molar-refractivity contribution in [2.45, 2.75) is 65.0 Å². The molecule has 0 aromatic carbocycles. The van der Waals surface area contributed by atoms with E-state index in [1.54, 1.807) is 4.57 Å². The molecule has 0 saturated carbocycles. The first-order chi connectivity index (χ1) is 12.6. The summed E-state index contributed by atoms with van der Waals surface area (Å²) < 4.78 is 12.8. The number of aromatic nitrogens is 4. The number of aromatic amines is 1. The lowest BCUT2D eigenvalue weighted by Gasteiger charge is -2.12. The number of imidazole rings is 1. The minimum atomic E-state index is -0.205. The fourth-order valence-electron chi connectivity index (χ4n) is 3.45. The van der Waals surface area contributed by atoms with E-state index in [2.05, 4.69) is 21.9 Å². The summed E-state index contributed by atoms with van der Waals surface area (Å²) in [4.78, 5) is 23.7. The highest BCUT2D eigenvalue weighted by Crippen LogP contribution is 2.21. The Hall–Kier alpha value is -2.09. The SMILES string of the molecule is CCC[C@@H](C)Oc1nc(N)c2[nH]c(=O)n(CCCCC3CCOC3)c2n1. The van der Waals surface area contributed by atoms with Crippen molar-refractivity contribution in [2.75, 3.05) is 18.9 Å². The van der Waals surface area contributed by atoms with Gasteiger partial charge in [-0.15, -0.1) is 0 Å². The molecule has 0 radical (unpaired) electrons. The molecule has 1 aliphatic rings. The Labute approximate surface area is 153 Å². The molecule has 1 unspecified atom stereocenters. The van der Waals surface area contributed by atoms with Crippen LogP contribution in [0.5, 0.6) is 6.01 Å². The summed E-state index contributed by atoms with van der Waals surface area (Å²) in [5, 5.41) is 0. The average Bonchev–Trinajstić information content (AvgIpc) is 3.20. The van der Waals surface area contributed by atoms with Crippen LogP contribution in [0.15, 0.2) is 4.79 Å². The van der Waals surface area contributed by atoms with Gasteiger partial charge in [0.05, 0.1) is 6.10 Å². The van der Waals surface area contributed by atoms with Gasteiger partial charge in [-0.1, -0.05) is 19.8 Å². The number of nitrogens with zero attached hydrogens (tertiary/aromatic N) is 3. The Morgan fingerprint density at radius 1 is 1.42 bits per heavy atom. The van der Waals surface area contributed by atoms with Gasteiger partial charge in [0.1, 0.15) is 5.52 Å². The lowest BCUT2D eigenvalue weighted by Crippen LogP contribution is -2.18. The Morgan fingerprint density at radius 2 is 2.27 bits per heavy atom. The number of hydrogen-bond donors (Lipinski definition) is 2. The topological polar surface area (TPSA) is 108 Å². The van der Waals surface area contributed by atoms with Crippen LogP contribution in [0.4, 0.5) is 5.82 Å². The maximum Gasteiger partial charge on any atom is 0.327 e. The predicted molar refractivity (Wildman–Crippen MR) is 100 cm³/mol. The molecule has 0 spiro atoms. The van der Waals surface area contributed by atoms with E-state index in [0.29, 0.717) is 23.6 Å². The third-order valence-corrected chi connectivity index (χ3v) is 4.90. The van der Waals surface area contributed by atoms with Crippen LogP contribution in [-0.4, -0.2) is 38.8 Å². The summed E-state index contributed by atoms with van der Waals surface area (Å²) in [7, 11) is 0. The van der Waals surface area contributed by atoms with Crippen LogP contribution < -0.4 is 16.2 Å². The smallest absolute Gasteiger partial charge is 0.327 e. The number of H-pyrrole nitrogens is 1. The van der Waals surface area contributed by atoms with E-state index in [9.17, 15) is 4.79 Å². The van der Waals surface area contributed by atoms with Crippen LogP contribution in [-0.2, 0) is 11.3 Å². The number of ether oxygens (including phenoxy) is 2. The number of nitrogen functional groups attached to an aromatic ring is 1. The molecule has 0 bridgehead atoms. The summed E-state index contributed by atoms with van der Waals surface area (Å²) in [5.41, 5.74) is 6.79. The first kappa shape index (κ1) is 18.7. The van der Waals surface area contributed by atoms with Crippen LogP contribution in [0.2, 0.25) is 0 Å². The normalized spacial score (nSPS) is 18.5. The second-order valence-electron chi connectivity index (χ2n) is 7.11. The maximum absolute atomic E-state index is 12.3. The van der Waals surface area contributed by atoms with Crippen molar-refractivity contribution in [3.8, 4) is 6.01 Å². The molecule has 2 aromatic heterocycles. The largest absolute Gasteiger partial charge is 0.460 e. The van der Waals surface area contributed by atoms with Gasteiger partial charge in [-0.2, -0.15) is 9.97 Å². The Kier molecular flexibility index (Phi) is 6.13. The number of hydrogen-bond acceptors (Lipinski definition) is 6. The van der Waals surface area contributed by atoms with E-state index in [-0.39, 0.29) is 23.6 Å². The molecule has 1 aliphatic heterocycles. The fraction of sp³-hybridized carbons (Fsp3) is 0.722. The number of unbranched alkanes of at least 4 members (excludes halogenated alkanes) is 1. The number of aryl methyl sites for hydroxylation is 1. The zero-order chi connectivity index (χ0) is 18.5. The third-order valence-electron chi connectivity index (χ3n) is 4.90. The number of rotatable bonds is 9. The molecular weight excluding hydrogens is 334 g/mol. The lowest BCUT2D eigenvalue weighted by atomic mass is 10.0. The van der Waals surface area contributed by atoms with E-state index < -0.39 is 0 Å². The second kappa shape index (κ2) is 8.53. The first-order valence-corrected chi connectivity index (χ1v) is 9.59. The van der Waals surface area contributed by atoms with Crippen LogP contribution in [0.25, 0.3) is 11.2 Å². The average molecular weight is 363 g/mol. The van der Waals surface area contributed by atoms with Gasteiger partial charge in [0, 0.05) is 19.8 Å². The molecule has 8 heteroatoms. The van der Waals surface area contributed by atoms with Crippen molar-refractivity contribution in [1.29, 1.82) is 0 Å². The van der Waals surface area contributed by atoms with E-state index in [4.69, 9.17) is 15.2 Å². The van der Waals surface area contributed by atoms with Crippen LogP contribution >= 0.6 is 0 Å². The van der Waals surface area contributed by atoms with Crippen LogP contribution in [0.3, 0.4) is 0 Å². The van der Waals surface area contributed by atoms with E-state index in [1.165, 1.54) is 0 Å². The van der Waals surface area contributed by atoms with E-state index in [1.807, 2.05) is 6.92 Å². The highest BCUT2D eigenvalue weighted by molar-refractivity contribution is 5.81. The lowest BCUT2D eigenvalue weighted by molar-refractivity contribution is 0.183. The monoisotopic (exact) mass is 363 g/mol. The zero-order valence-electron chi connectivity index (χ0n) is 15.7. The molecular formula is C18H29N5O3. The Balaban J connectivity index is 1.70. The van der Waals surface area contributed by atoms with Gasteiger partial charge in [0.2, 0.25) is 0 Å². The summed E-state index contributed by atoms with van der Waals surface area (Å²) in [6.45, 7) is 6.42. The van der Waals surface area contributed by atoms with Gasteiger partial charge in [0.25, 0.3) is 0 Å². The standard InChI is InChI=1S/C18H29N5O3/c1-3-6-12(2)26-17-21-15(19)14-16(22-17)23(18(24)20-14)9-5-4-7-13-8-10-25-11-13/h12-13H,3-11H2,1-2H3,(H,20,24)(H2,19,21,22)/t12-,13?/m1/s1. The molecule has 0 aliphatic carbocycles. The van der Waals surface area contributed by atoms with Crippen molar-refractivity contribution >= 4 is 17.0 Å². The van der Waals surface area contributed by atoms with Crippen LogP contribution in [0.1, 0.15) is 52.4 Å². The highest BCUT2D eigenvalue weighted by Gasteiger charge is 2.17. The van der Waals surface area contributed by atoms with Gasteiger partial charge < -0.3 is 20.2 Å². The van der Waals surface area contributed by atoms with E-state index in [0.717, 1.165) is 51.7 Å². The quantitative estimate of drug-likeness (QED) is 0.663. The first-order valence-electron chi connectivity index (χ1n) is 9.59. The zero-order valence-corrected chi connectivity index (χ0v) is 15.7. The summed E-state index contributed by atoms with van der Waals surface area (Å²) in [5.74, 6) is 0.903. The van der Waals surface area contributed by atoms with E-state index >= 15 is 0 Å². The summed E-state index contributed by atoms with van der Waals surface area (Å²) >= 11 is 0. The molecule has 2 aromatic rings. The molecule has 1 saturated heterocycles. The molecule has 3 heterocycles. The van der Waals surface area contributed by atoms with Gasteiger partial charge >= 0.3 is 11.7 Å². The highest BCUT2D eigenvalue weighted by atomic mass is 16.5. The summed E-state index contributed by atoms with van der Waals surface area (Å²) in [6, 6.07) is 0.229. The summed E-state index contributed by atoms with van der Waals surface area (Å²) in [6.07, 6.45) is 6.18. The number of fused-ring (bicyclic) bond motifs is 1. The predicted octanol–water partition coefficient (Wildman–Crippen LogP) is 2.48. The molecule has 8 nitrogen and oxygen atoms in total. The minimum Gasteiger partial charge on any atom is -0.460 e. The van der Waals surface area contributed by atoms with Crippen LogP contribution in [0, 0.1) is 5.92 Å². The van der Waals surface area contributed by atoms with Crippen molar-refractivity contribution in [3.63, 3.8) is 0 Å². The number of anilines is 1. The van der Waals surface area contributed by atoms with Gasteiger partial charge in [-0.25, -0.2) is 4.79 Å². The van der Waals surface area contributed by atoms with Gasteiger partial charge in [-0.05, 0) is 38.5 Å². The van der Waals surface area contributed by atoms with Crippen molar-refractivity contribution in [3.05, 3.63) is 10.5 Å². The maximum atomic E-state index is 12.3. The molecule has 3 N–H and O–H groups in total. The number of nitrogens with one attached hydrogen (secondary N) is 1. The Bertz CT molecular complexity index is 779. The molecule has 144 valence electrons. The second-order valence-corrected chi connectivity index (χ2v) is 7.11. The number of nitrogens with two attached hydrogens (primary N) is 1. The molecule has 0 amide bonds. The molecule has 26 heavy (non-hydrogen) atoms. The van der Waals surface area contributed by atoms with Crippen molar-refractivity contribution < 1.29 is 9.47 Å². The molecule has 2 atom stereocenters. The fourth-order valence-corrected chi connectivity index (χ4v) is 3.45. The molecule has 3 rings (SSSR count).